The summed E-state index contributed by atoms with van der Waals surface area (Å²) in [6, 6.07) is 8.21. The number of nitrogens with one attached hydrogen (secondary N) is 1. The molecule has 1 unspecified atom stereocenters. The summed E-state index contributed by atoms with van der Waals surface area (Å²) in [6.07, 6.45) is -0.477. The molecule has 4 heteroatoms. The van der Waals surface area contributed by atoms with Crippen LogP contribution in [0.3, 0.4) is 0 Å². The second-order valence-corrected chi connectivity index (χ2v) is 5.14. The van der Waals surface area contributed by atoms with E-state index in [2.05, 4.69) is 19.2 Å². The number of rotatable bonds is 6. The van der Waals surface area contributed by atoms with Crippen LogP contribution in [0.15, 0.2) is 24.3 Å². The minimum atomic E-state index is -0.477. The number of carbonyl (C=O) groups excluding carboxylic acids is 1. The number of hydrogen-bond acceptors (Lipinski definition) is 3. The summed E-state index contributed by atoms with van der Waals surface area (Å²) in [5, 5.41) is 3.35. The lowest BCUT2D eigenvalue weighted by molar-refractivity contribution is -0.135. The van der Waals surface area contributed by atoms with E-state index in [0.29, 0.717) is 6.04 Å². The Bertz CT molecular complexity index is 416. The minimum absolute atomic E-state index is 0.0355. The Morgan fingerprint density at radius 1 is 1.26 bits per heavy atom. The van der Waals surface area contributed by atoms with Crippen LogP contribution in [0.2, 0.25) is 0 Å². The summed E-state index contributed by atoms with van der Waals surface area (Å²) in [5.74, 6) is 0.727. The Morgan fingerprint density at radius 3 is 2.47 bits per heavy atom. The van der Waals surface area contributed by atoms with Gasteiger partial charge in [-0.05, 0) is 13.0 Å². The molecule has 0 radical (unpaired) electrons. The highest BCUT2D eigenvalue weighted by atomic mass is 16.5. The Labute approximate surface area is 115 Å². The van der Waals surface area contributed by atoms with Gasteiger partial charge in [0.15, 0.2) is 6.10 Å². The third-order valence-corrected chi connectivity index (χ3v) is 2.77. The highest BCUT2D eigenvalue weighted by Gasteiger charge is 2.17. The number of para-hydroxylation sites is 1. The molecule has 1 aromatic rings. The normalized spacial score (nSPS) is 12.3. The van der Waals surface area contributed by atoms with Crippen molar-refractivity contribution < 1.29 is 9.53 Å². The molecule has 0 aliphatic rings. The van der Waals surface area contributed by atoms with Gasteiger partial charge in [0.1, 0.15) is 5.75 Å². The molecule has 0 heterocycles. The van der Waals surface area contributed by atoms with Crippen LogP contribution >= 0.6 is 0 Å². The summed E-state index contributed by atoms with van der Waals surface area (Å²) in [4.78, 5) is 13.4. The lowest BCUT2D eigenvalue weighted by atomic mass is 10.2. The van der Waals surface area contributed by atoms with Gasteiger partial charge in [-0.2, -0.15) is 0 Å². The topological polar surface area (TPSA) is 41.6 Å². The Hall–Kier alpha value is -1.55. The standard InChI is InChI=1S/C15H24N2O2/c1-11(2)16-10-13-8-6-7-9-14(13)19-12(3)15(18)17(4)5/h6-9,11-12,16H,10H2,1-5H3. The maximum Gasteiger partial charge on any atom is 0.262 e. The Morgan fingerprint density at radius 2 is 1.89 bits per heavy atom. The monoisotopic (exact) mass is 264 g/mol. The second-order valence-electron chi connectivity index (χ2n) is 5.14. The van der Waals surface area contributed by atoms with Crippen LogP contribution in [0.1, 0.15) is 26.3 Å². The smallest absolute Gasteiger partial charge is 0.262 e. The summed E-state index contributed by atoms with van der Waals surface area (Å²) in [7, 11) is 3.46. The van der Waals surface area contributed by atoms with Crippen LogP contribution in [-0.2, 0) is 11.3 Å². The van der Waals surface area contributed by atoms with Crippen molar-refractivity contribution in [2.45, 2.75) is 39.5 Å². The molecule has 4 nitrogen and oxygen atoms in total. The van der Waals surface area contributed by atoms with Crippen LogP contribution in [-0.4, -0.2) is 37.0 Å². The van der Waals surface area contributed by atoms with Gasteiger partial charge >= 0.3 is 0 Å². The van der Waals surface area contributed by atoms with Gasteiger partial charge in [-0.15, -0.1) is 0 Å². The van der Waals surface area contributed by atoms with Gasteiger partial charge in [-0.25, -0.2) is 0 Å². The molecular formula is C15H24N2O2. The zero-order valence-electron chi connectivity index (χ0n) is 12.4. The number of carbonyl (C=O) groups is 1. The maximum atomic E-state index is 11.8. The number of amides is 1. The molecule has 0 aliphatic carbocycles. The van der Waals surface area contributed by atoms with Crippen LogP contribution in [0.4, 0.5) is 0 Å². The first-order valence-corrected chi connectivity index (χ1v) is 6.61. The molecule has 0 fully saturated rings. The predicted molar refractivity (Wildman–Crippen MR) is 77.2 cm³/mol. The third kappa shape index (κ3) is 4.91. The first-order valence-electron chi connectivity index (χ1n) is 6.61. The first kappa shape index (κ1) is 15.5. The molecule has 0 saturated heterocycles. The van der Waals surface area contributed by atoms with Crippen molar-refractivity contribution in [3.63, 3.8) is 0 Å². The summed E-state index contributed by atoms with van der Waals surface area (Å²) >= 11 is 0. The lowest BCUT2D eigenvalue weighted by Crippen LogP contribution is -2.35. The van der Waals surface area contributed by atoms with E-state index in [9.17, 15) is 4.79 Å². The zero-order chi connectivity index (χ0) is 14.4. The molecule has 1 rings (SSSR count). The van der Waals surface area contributed by atoms with E-state index >= 15 is 0 Å². The van der Waals surface area contributed by atoms with Crippen LogP contribution in [0, 0.1) is 0 Å². The SMILES string of the molecule is CC(C)NCc1ccccc1OC(C)C(=O)N(C)C. The average molecular weight is 264 g/mol. The molecule has 1 aromatic carbocycles. The molecule has 1 amide bonds. The van der Waals surface area contributed by atoms with E-state index < -0.39 is 6.10 Å². The minimum Gasteiger partial charge on any atom is -0.481 e. The lowest BCUT2D eigenvalue weighted by Gasteiger charge is -2.20. The van der Waals surface area contributed by atoms with Gasteiger partial charge in [0.25, 0.3) is 5.91 Å². The van der Waals surface area contributed by atoms with Gasteiger partial charge in [0.2, 0.25) is 0 Å². The predicted octanol–water partition coefficient (Wildman–Crippen LogP) is 2.04. The average Bonchev–Trinajstić information content (AvgIpc) is 2.36. The maximum absolute atomic E-state index is 11.8. The van der Waals surface area contributed by atoms with Gasteiger partial charge in [-0.3, -0.25) is 4.79 Å². The fourth-order valence-electron chi connectivity index (χ4n) is 1.68. The van der Waals surface area contributed by atoms with Crippen molar-refractivity contribution in [2.75, 3.05) is 14.1 Å². The summed E-state index contributed by atoms with van der Waals surface area (Å²) in [5.41, 5.74) is 1.06. The third-order valence-electron chi connectivity index (χ3n) is 2.77. The Kier molecular flexibility index (Phi) is 5.83. The largest absolute Gasteiger partial charge is 0.481 e. The van der Waals surface area contributed by atoms with Crippen LogP contribution in [0.5, 0.6) is 5.75 Å². The number of benzene rings is 1. The fourth-order valence-corrected chi connectivity index (χ4v) is 1.68. The van der Waals surface area contributed by atoms with Crippen LogP contribution in [0.25, 0.3) is 0 Å². The fraction of sp³-hybridized carbons (Fsp3) is 0.533. The zero-order valence-corrected chi connectivity index (χ0v) is 12.4. The molecule has 0 aromatic heterocycles. The number of likely N-dealkylation sites (N-methyl/N-ethyl adjacent to an activating group) is 1. The first-order chi connectivity index (χ1) is 8.91. The van der Waals surface area contributed by atoms with Crippen molar-refractivity contribution in [1.82, 2.24) is 10.2 Å². The van der Waals surface area contributed by atoms with Crippen molar-refractivity contribution in [1.29, 1.82) is 0 Å². The molecule has 1 atom stereocenters. The van der Waals surface area contributed by atoms with E-state index in [-0.39, 0.29) is 5.91 Å². The Balaban J connectivity index is 2.74. The molecule has 0 spiro atoms. The van der Waals surface area contributed by atoms with E-state index in [1.54, 1.807) is 25.9 Å². The van der Waals surface area contributed by atoms with E-state index in [0.717, 1.165) is 17.9 Å². The molecule has 1 N–H and O–H groups in total. The van der Waals surface area contributed by atoms with Crippen LogP contribution < -0.4 is 10.1 Å². The second kappa shape index (κ2) is 7.14. The van der Waals surface area contributed by atoms with E-state index in [1.807, 2.05) is 24.3 Å². The molecular weight excluding hydrogens is 240 g/mol. The van der Waals surface area contributed by atoms with Gasteiger partial charge in [0.05, 0.1) is 0 Å². The van der Waals surface area contributed by atoms with Gasteiger partial charge in [0, 0.05) is 32.2 Å². The van der Waals surface area contributed by atoms with Crippen molar-refractivity contribution in [2.24, 2.45) is 0 Å². The van der Waals surface area contributed by atoms with Gasteiger partial charge < -0.3 is 15.0 Å². The molecule has 0 aliphatic heterocycles. The molecule has 106 valence electrons. The number of nitrogens with zero attached hydrogens (tertiary/aromatic N) is 1. The van der Waals surface area contributed by atoms with Crippen molar-refractivity contribution in [3.05, 3.63) is 29.8 Å². The van der Waals surface area contributed by atoms with Gasteiger partial charge in [-0.1, -0.05) is 32.0 Å². The van der Waals surface area contributed by atoms with E-state index in [4.69, 9.17) is 4.74 Å². The summed E-state index contributed by atoms with van der Waals surface area (Å²) < 4.78 is 5.77. The van der Waals surface area contributed by atoms with E-state index in [1.165, 1.54) is 0 Å². The molecule has 19 heavy (non-hydrogen) atoms. The molecule has 0 saturated carbocycles. The quantitative estimate of drug-likeness (QED) is 0.855. The molecule has 0 bridgehead atoms. The highest BCUT2D eigenvalue weighted by molar-refractivity contribution is 5.80. The highest BCUT2D eigenvalue weighted by Crippen LogP contribution is 2.19. The van der Waals surface area contributed by atoms with Crippen molar-refractivity contribution in [3.8, 4) is 5.75 Å². The number of ether oxygens (including phenoxy) is 1. The number of hydrogen-bond donors (Lipinski definition) is 1. The van der Waals surface area contributed by atoms with Crippen molar-refractivity contribution >= 4 is 5.91 Å². The summed E-state index contributed by atoms with van der Waals surface area (Å²) in [6.45, 7) is 6.70.